The van der Waals surface area contributed by atoms with E-state index in [9.17, 15) is 0 Å². The minimum absolute atomic E-state index is 0.196. The summed E-state index contributed by atoms with van der Waals surface area (Å²) in [5.41, 5.74) is 2.51. The normalized spacial score (nSPS) is 12.2. The van der Waals surface area contributed by atoms with Crippen molar-refractivity contribution in [2.24, 2.45) is 0 Å². The smallest absolute Gasteiger partial charge is 0.0580 e. The molecule has 3 heteroatoms. The molecule has 0 saturated carbocycles. The van der Waals surface area contributed by atoms with E-state index in [0.29, 0.717) is 0 Å². The number of hydrogen-bond donors (Lipinski definition) is 1. The number of rotatable bonds is 5. The maximum atomic E-state index is 4.11. The van der Waals surface area contributed by atoms with Crippen LogP contribution in [0.25, 0.3) is 0 Å². The molecule has 0 radical (unpaired) electrons. The van der Waals surface area contributed by atoms with E-state index in [1.807, 2.05) is 18.5 Å². The molecule has 0 aliphatic carbocycles. The van der Waals surface area contributed by atoms with E-state index in [-0.39, 0.29) is 6.04 Å². The van der Waals surface area contributed by atoms with Gasteiger partial charge in [-0.1, -0.05) is 36.4 Å². The van der Waals surface area contributed by atoms with Gasteiger partial charge in [0.15, 0.2) is 0 Å². The molecule has 1 unspecified atom stereocenters. The number of benzene rings is 1. The molecule has 0 aliphatic rings. The maximum absolute atomic E-state index is 4.11. The summed E-state index contributed by atoms with van der Waals surface area (Å²) in [4.78, 5) is 5.45. The third-order valence-corrected chi connectivity index (χ3v) is 4.11. The molecular weight excluding hydrogens is 264 g/mol. The van der Waals surface area contributed by atoms with Gasteiger partial charge in [0.2, 0.25) is 0 Å². The van der Waals surface area contributed by atoms with Gasteiger partial charge in [-0.15, -0.1) is 11.3 Å². The lowest BCUT2D eigenvalue weighted by atomic mass is 10.00. The zero-order valence-electron chi connectivity index (χ0n) is 11.1. The van der Waals surface area contributed by atoms with E-state index in [1.54, 1.807) is 11.3 Å². The van der Waals surface area contributed by atoms with Crippen molar-refractivity contribution in [1.82, 2.24) is 10.3 Å². The molecule has 1 N–H and O–H groups in total. The van der Waals surface area contributed by atoms with Crippen molar-refractivity contribution >= 4 is 11.3 Å². The average Bonchev–Trinajstić information content (AvgIpc) is 3.03. The number of hydrogen-bond acceptors (Lipinski definition) is 3. The second-order valence-corrected chi connectivity index (χ2v) is 5.62. The Morgan fingerprint density at radius 2 is 1.65 bits per heavy atom. The van der Waals surface area contributed by atoms with Crippen LogP contribution in [0.15, 0.2) is 72.4 Å². The molecule has 2 nitrogen and oxygen atoms in total. The first-order chi connectivity index (χ1) is 9.93. The van der Waals surface area contributed by atoms with E-state index < -0.39 is 0 Å². The van der Waals surface area contributed by atoms with Crippen LogP contribution in [0.2, 0.25) is 0 Å². The summed E-state index contributed by atoms with van der Waals surface area (Å²) in [5, 5.41) is 5.75. The highest BCUT2D eigenvalue weighted by Gasteiger charge is 2.13. The molecule has 0 fully saturated rings. The maximum Gasteiger partial charge on any atom is 0.0580 e. The minimum atomic E-state index is 0.196. The standard InChI is InChI=1S/C17H16N2S/c1-2-5-14(6-3-1)17(15-8-10-18-11-9-15)19-13-16-7-4-12-20-16/h1-12,17,19H,13H2. The summed E-state index contributed by atoms with van der Waals surface area (Å²) in [7, 11) is 0. The van der Waals surface area contributed by atoms with Crippen LogP contribution in [0.1, 0.15) is 22.0 Å². The monoisotopic (exact) mass is 280 g/mol. The molecule has 0 saturated heterocycles. The van der Waals surface area contributed by atoms with Crippen molar-refractivity contribution in [3.63, 3.8) is 0 Å². The van der Waals surface area contributed by atoms with Crippen LogP contribution in [-0.4, -0.2) is 4.98 Å². The van der Waals surface area contributed by atoms with E-state index in [4.69, 9.17) is 0 Å². The molecule has 100 valence electrons. The van der Waals surface area contributed by atoms with Crippen molar-refractivity contribution in [1.29, 1.82) is 0 Å². The molecule has 2 heterocycles. The van der Waals surface area contributed by atoms with Gasteiger partial charge in [0.25, 0.3) is 0 Å². The van der Waals surface area contributed by atoms with Crippen LogP contribution in [0.3, 0.4) is 0 Å². The Bertz CT molecular complexity index is 581. The second kappa shape index (κ2) is 6.46. The quantitative estimate of drug-likeness (QED) is 0.763. The first-order valence-electron chi connectivity index (χ1n) is 6.64. The molecule has 1 atom stereocenters. The Labute approximate surface area is 123 Å². The highest BCUT2D eigenvalue weighted by molar-refractivity contribution is 7.09. The van der Waals surface area contributed by atoms with Crippen LogP contribution in [0.4, 0.5) is 0 Å². The van der Waals surface area contributed by atoms with Crippen LogP contribution < -0.4 is 5.32 Å². The number of thiophene rings is 1. The van der Waals surface area contributed by atoms with Gasteiger partial charge in [0.1, 0.15) is 0 Å². The van der Waals surface area contributed by atoms with Crippen molar-refractivity contribution in [3.8, 4) is 0 Å². The summed E-state index contributed by atoms with van der Waals surface area (Å²) >= 11 is 1.78. The van der Waals surface area contributed by atoms with Crippen LogP contribution in [0.5, 0.6) is 0 Å². The lowest BCUT2D eigenvalue weighted by Crippen LogP contribution is -2.21. The van der Waals surface area contributed by atoms with Crippen molar-refractivity contribution in [2.45, 2.75) is 12.6 Å². The third kappa shape index (κ3) is 3.13. The van der Waals surface area contributed by atoms with Crippen LogP contribution in [-0.2, 0) is 6.54 Å². The average molecular weight is 280 g/mol. The highest BCUT2D eigenvalue weighted by Crippen LogP contribution is 2.22. The van der Waals surface area contributed by atoms with Gasteiger partial charge in [0.05, 0.1) is 6.04 Å². The topological polar surface area (TPSA) is 24.9 Å². The molecule has 1 aromatic carbocycles. The fourth-order valence-corrected chi connectivity index (χ4v) is 2.90. The number of pyridine rings is 1. The fraction of sp³-hybridized carbons (Fsp3) is 0.118. The fourth-order valence-electron chi connectivity index (χ4n) is 2.25. The zero-order chi connectivity index (χ0) is 13.6. The predicted molar refractivity (Wildman–Crippen MR) is 83.7 cm³/mol. The van der Waals surface area contributed by atoms with E-state index in [0.717, 1.165) is 6.54 Å². The highest BCUT2D eigenvalue weighted by atomic mass is 32.1. The number of nitrogens with zero attached hydrogens (tertiary/aromatic N) is 1. The lowest BCUT2D eigenvalue weighted by molar-refractivity contribution is 0.609. The lowest BCUT2D eigenvalue weighted by Gasteiger charge is -2.19. The zero-order valence-corrected chi connectivity index (χ0v) is 11.9. The molecule has 2 aromatic heterocycles. The molecule has 0 amide bonds. The summed E-state index contributed by atoms with van der Waals surface area (Å²) in [6.07, 6.45) is 3.69. The first-order valence-corrected chi connectivity index (χ1v) is 7.52. The first kappa shape index (κ1) is 13.0. The van der Waals surface area contributed by atoms with Gasteiger partial charge in [-0.05, 0) is 34.7 Å². The van der Waals surface area contributed by atoms with Gasteiger partial charge in [-0.25, -0.2) is 0 Å². The van der Waals surface area contributed by atoms with E-state index >= 15 is 0 Å². The summed E-state index contributed by atoms with van der Waals surface area (Å²) in [5.74, 6) is 0. The summed E-state index contributed by atoms with van der Waals surface area (Å²) in [6, 6.07) is 19.1. The Kier molecular flexibility index (Phi) is 4.21. The van der Waals surface area contributed by atoms with Gasteiger partial charge >= 0.3 is 0 Å². The Hall–Kier alpha value is -1.97. The van der Waals surface area contributed by atoms with Gasteiger partial charge in [0, 0.05) is 23.8 Å². The van der Waals surface area contributed by atoms with Gasteiger partial charge < -0.3 is 5.32 Å². The van der Waals surface area contributed by atoms with Crippen LogP contribution >= 0.6 is 11.3 Å². The molecular formula is C17H16N2S. The SMILES string of the molecule is c1ccc(C(NCc2cccs2)c2ccncc2)cc1. The molecule has 0 bridgehead atoms. The predicted octanol–water partition coefficient (Wildman–Crippen LogP) is 4.02. The molecule has 3 rings (SSSR count). The number of nitrogens with one attached hydrogen (secondary N) is 1. The summed E-state index contributed by atoms with van der Waals surface area (Å²) < 4.78 is 0. The van der Waals surface area contributed by atoms with E-state index in [1.165, 1.54) is 16.0 Å². The largest absolute Gasteiger partial charge is 0.301 e. The summed E-state index contributed by atoms with van der Waals surface area (Å²) in [6.45, 7) is 0.875. The van der Waals surface area contributed by atoms with Crippen molar-refractivity contribution in [3.05, 3.63) is 88.4 Å². The molecule has 0 spiro atoms. The Morgan fingerprint density at radius 3 is 2.35 bits per heavy atom. The van der Waals surface area contributed by atoms with Gasteiger partial charge in [-0.3, -0.25) is 4.98 Å². The molecule has 20 heavy (non-hydrogen) atoms. The van der Waals surface area contributed by atoms with E-state index in [2.05, 4.69) is 64.2 Å². The Balaban J connectivity index is 1.84. The van der Waals surface area contributed by atoms with Crippen molar-refractivity contribution < 1.29 is 0 Å². The second-order valence-electron chi connectivity index (χ2n) is 4.58. The van der Waals surface area contributed by atoms with Crippen molar-refractivity contribution in [2.75, 3.05) is 0 Å². The van der Waals surface area contributed by atoms with Crippen LogP contribution in [0, 0.1) is 0 Å². The number of aromatic nitrogens is 1. The third-order valence-electron chi connectivity index (χ3n) is 3.23. The minimum Gasteiger partial charge on any atom is -0.301 e. The molecule has 0 aliphatic heterocycles. The van der Waals surface area contributed by atoms with Gasteiger partial charge in [-0.2, -0.15) is 0 Å². The Morgan fingerprint density at radius 1 is 0.900 bits per heavy atom. The molecule has 3 aromatic rings.